The molecular weight excluding hydrogens is 411 g/mol. The van der Waals surface area contributed by atoms with Crippen molar-refractivity contribution in [3.63, 3.8) is 0 Å². The smallest absolute Gasteiger partial charge is 0.445 e. The molecule has 2 aromatic rings. The monoisotopic (exact) mass is 435 g/mol. The van der Waals surface area contributed by atoms with E-state index in [1.54, 1.807) is 11.0 Å². The van der Waals surface area contributed by atoms with Crippen LogP contribution in [0.4, 0.5) is 18.0 Å². The summed E-state index contributed by atoms with van der Waals surface area (Å²) in [7, 11) is 0. The zero-order valence-corrected chi connectivity index (χ0v) is 16.8. The maximum Gasteiger partial charge on any atom is 0.573 e. The predicted molar refractivity (Wildman–Crippen MR) is 106 cm³/mol. The van der Waals surface area contributed by atoms with Crippen molar-refractivity contribution >= 4 is 6.09 Å². The third-order valence-electron chi connectivity index (χ3n) is 5.98. The van der Waals surface area contributed by atoms with Crippen LogP contribution in [-0.4, -0.2) is 40.1 Å². The molecule has 166 valence electrons. The first-order chi connectivity index (χ1) is 14.7. The Morgan fingerprint density at radius 3 is 2.29 bits per heavy atom. The lowest BCUT2D eigenvalue weighted by molar-refractivity contribution is -0.275. The molecule has 2 heterocycles. The maximum absolute atomic E-state index is 12.7. The summed E-state index contributed by atoms with van der Waals surface area (Å²) in [5, 5.41) is 11.2. The Morgan fingerprint density at radius 1 is 1.03 bits per heavy atom. The van der Waals surface area contributed by atoms with E-state index in [2.05, 4.69) is 4.74 Å². The van der Waals surface area contributed by atoms with Crippen LogP contribution in [0.2, 0.25) is 0 Å². The second-order valence-electron chi connectivity index (χ2n) is 8.30. The Bertz CT molecular complexity index is 905. The first kappa shape index (κ1) is 21.5. The topological polar surface area (TPSA) is 59.0 Å². The standard InChI is InChI=1S/C23H24F3NO4/c24-23(25,26)31-20-9-5-4-8-17(20)12-22(29)13-18-10-11-19(14-22)27(18)21(28)30-15-16-6-2-1-3-7-16/h1-9,18-19,29H,10-15H2. The molecule has 2 bridgehead atoms. The lowest BCUT2D eigenvalue weighted by atomic mass is 9.81. The van der Waals surface area contributed by atoms with E-state index >= 15 is 0 Å². The number of ether oxygens (including phenoxy) is 2. The molecule has 2 aliphatic heterocycles. The Morgan fingerprint density at radius 2 is 1.65 bits per heavy atom. The van der Waals surface area contributed by atoms with Crippen molar-refractivity contribution in [1.29, 1.82) is 0 Å². The highest BCUT2D eigenvalue weighted by atomic mass is 19.4. The van der Waals surface area contributed by atoms with Gasteiger partial charge in [0, 0.05) is 18.5 Å². The number of hydrogen-bond donors (Lipinski definition) is 1. The van der Waals surface area contributed by atoms with Crippen LogP contribution in [-0.2, 0) is 17.8 Å². The molecule has 1 N–H and O–H groups in total. The number of amides is 1. The van der Waals surface area contributed by atoms with Gasteiger partial charge in [0.15, 0.2) is 0 Å². The molecule has 2 aromatic carbocycles. The molecule has 31 heavy (non-hydrogen) atoms. The number of alkyl halides is 3. The summed E-state index contributed by atoms with van der Waals surface area (Å²) in [4.78, 5) is 14.4. The van der Waals surface area contributed by atoms with Crippen LogP contribution in [0.3, 0.4) is 0 Å². The zero-order valence-electron chi connectivity index (χ0n) is 16.8. The minimum Gasteiger partial charge on any atom is -0.445 e. The molecule has 1 amide bonds. The van der Waals surface area contributed by atoms with Gasteiger partial charge in [0.2, 0.25) is 0 Å². The van der Waals surface area contributed by atoms with Gasteiger partial charge in [0.25, 0.3) is 0 Å². The van der Waals surface area contributed by atoms with Gasteiger partial charge in [-0.1, -0.05) is 48.5 Å². The van der Waals surface area contributed by atoms with Crippen molar-refractivity contribution in [2.45, 2.75) is 62.8 Å². The van der Waals surface area contributed by atoms with Crippen molar-refractivity contribution < 1.29 is 32.5 Å². The van der Waals surface area contributed by atoms with E-state index in [0.717, 1.165) is 18.4 Å². The summed E-state index contributed by atoms with van der Waals surface area (Å²) in [6.45, 7) is 0.169. The van der Waals surface area contributed by atoms with E-state index in [1.807, 2.05) is 30.3 Å². The average molecular weight is 435 g/mol. The molecule has 0 radical (unpaired) electrons. The number of aliphatic hydroxyl groups is 1. The molecule has 2 fully saturated rings. The molecular formula is C23H24F3NO4. The van der Waals surface area contributed by atoms with Crippen molar-refractivity contribution in [2.24, 2.45) is 0 Å². The first-order valence-electron chi connectivity index (χ1n) is 10.3. The molecule has 4 rings (SSSR count). The molecule has 2 aliphatic rings. The van der Waals surface area contributed by atoms with Crippen LogP contribution < -0.4 is 4.74 Å². The lowest BCUT2D eigenvalue weighted by Gasteiger charge is -2.43. The molecule has 8 heteroatoms. The van der Waals surface area contributed by atoms with E-state index in [4.69, 9.17) is 4.74 Å². The Kier molecular flexibility index (Phi) is 5.83. The van der Waals surface area contributed by atoms with Gasteiger partial charge in [-0.15, -0.1) is 13.2 Å². The Balaban J connectivity index is 1.42. The van der Waals surface area contributed by atoms with Gasteiger partial charge < -0.3 is 19.5 Å². The van der Waals surface area contributed by atoms with Crippen LogP contribution >= 0.6 is 0 Å². The maximum atomic E-state index is 12.7. The quantitative estimate of drug-likeness (QED) is 0.732. The summed E-state index contributed by atoms with van der Waals surface area (Å²) in [6, 6.07) is 14.8. The second-order valence-corrected chi connectivity index (χ2v) is 8.30. The minimum atomic E-state index is -4.80. The van der Waals surface area contributed by atoms with Crippen LogP contribution in [0.1, 0.15) is 36.8 Å². The fourth-order valence-electron chi connectivity index (χ4n) is 4.79. The van der Waals surface area contributed by atoms with Crippen LogP contribution in [0, 0.1) is 0 Å². The van der Waals surface area contributed by atoms with Crippen molar-refractivity contribution in [2.75, 3.05) is 0 Å². The molecule has 0 spiro atoms. The number of carbonyl (C=O) groups is 1. The van der Waals surface area contributed by atoms with Crippen LogP contribution in [0.15, 0.2) is 54.6 Å². The molecule has 0 aromatic heterocycles. The Hall–Kier alpha value is -2.74. The minimum absolute atomic E-state index is 0.0269. The first-order valence-corrected chi connectivity index (χ1v) is 10.3. The molecule has 2 saturated heterocycles. The largest absolute Gasteiger partial charge is 0.573 e. The van der Waals surface area contributed by atoms with Crippen LogP contribution in [0.5, 0.6) is 5.75 Å². The number of para-hydroxylation sites is 1. The van der Waals surface area contributed by atoms with Gasteiger partial charge in [0.05, 0.1) is 5.60 Å². The normalized spacial score (nSPS) is 25.4. The summed E-state index contributed by atoms with van der Waals surface area (Å²) in [5.41, 5.74) is -0.0348. The highest BCUT2D eigenvalue weighted by Crippen LogP contribution is 2.43. The van der Waals surface area contributed by atoms with Crippen LogP contribution in [0.25, 0.3) is 0 Å². The summed E-state index contributed by atoms with van der Waals surface area (Å²) in [5.74, 6) is -0.305. The van der Waals surface area contributed by atoms with Gasteiger partial charge in [-0.25, -0.2) is 4.79 Å². The number of hydrogen-bond acceptors (Lipinski definition) is 4. The van der Waals surface area contributed by atoms with Crippen molar-refractivity contribution in [3.8, 4) is 5.75 Å². The van der Waals surface area contributed by atoms with E-state index in [-0.39, 0.29) is 43.7 Å². The molecule has 2 atom stereocenters. The average Bonchev–Trinajstić information content (AvgIpc) is 3.00. The summed E-state index contributed by atoms with van der Waals surface area (Å²) >= 11 is 0. The molecule has 2 unspecified atom stereocenters. The zero-order chi connectivity index (χ0) is 22.1. The van der Waals surface area contributed by atoms with E-state index < -0.39 is 18.1 Å². The predicted octanol–water partition coefficient (Wildman–Crippen LogP) is 4.82. The third kappa shape index (κ3) is 5.12. The molecule has 0 aliphatic carbocycles. The number of piperidine rings is 1. The number of fused-ring (bicyclic) bond motifs is 2. The highest BCUT2D eigenvalue weighted by Gasteiger charge is 2.50. The molecule has 5 nitrogen and oxygen atoms in total. The van der Waals surface area contributed by atoms with Gasteiger partial charge in [-0.05, 0) is 42.9 Å². The van der Waals surface area contributed by atoms with E-state index in [0.29, 0.717) is 5.56 Å². The van der Waals surface area contributed by atoms with Gasteiger partial charge in [-0.3, -0.25) is 0 Å². The fourth-order valence-corrected chi connectivity index (χ4v) is 4.79. The SMILES string of the molecule is O=C(OCc1ccccc1)N1C2CCC1CC(O)(Cc1ccccc1OC(F)(F)F)C2. The number of carbonyl (C=O) groups excluding carboxylic acids is 1. The molecule has 0 saturated carbocycles. The lowest BCUT2D eigenvalue weighted by Crippen LogP contribution is -2.54. The van der Waals surface area contributed by atoms with Crippen molar-refractivity contribution in [1.82, 2.24) is 4.90 Å². The van der Waals surface area contributed by atoms with Gasteiger partial charge in [-0.2, -0.15) is 0 Å². The number of benzene rings is 2. The van der Waals surface area contributed by atoms with Gasteiger partial charge in [0.1, 0.15) is 12.4 Å². The highest BCUT2D eigenvalue weighted by molar-refractivity contribution is 5.69. The fraction of sp³-hybridized carbons (Fsp3) is 0.435. The summed E-state index contributed by atoms with van der Waals surface area (Å²) in [6.07, 6.45) is -3.17. The van der Waals surface area contributed by atoms with Crippen molar-refractivity contribution in [3.05, 3.63) is 65.7 Å². The number of rotatable bonds is 5. The second kappa shape index (κ2) is 8.42. The third-order valence-corrected chi connectivity index (χ3v) is 5.98. The van der Waals surface area contributed by atoms with E-state index in [9.17, 15) is 23.1 Å². The number of nitrogens with zero attached hydrogens (tertiary/aromatic N) is 1. The number of halogens is 3. The van der Waals surface area contributed by atoms with Gasteiger partial charge >= 0.3 is 12.5 Å². The summed E-state index contributed by atoms with van der Waals surface area (Å²) < 4.78 is 47.8. The van der Waals surface area contributed by atoms with E-state index in [1.165, 1.54) is 18.2 Å². The Labute approximate surface area is 178 Å².